The number of fused-ring (bicyclic) bond motifs is 1. The van der Waals surface area contributed by atoms with Crippen molar-refractivity contribution in [3.63, 3.8) is 0 Å². The first kappa shape index (κ1) is 24.5. The van der Waals surface area contributed by atoms with E-state index >= 15 is 0 Å². The minimum Gasteiger partial charge on any atom is -0.384 e. The lowest BCUT2D eigenvalue weighted by atomic mass is 10.1. The van der Waals surface area contributed by atoms with E-state index in [9.17, 15) is 18.0 Å². The third kappa shape index (κ3) is 5.90. The SMILES string of the molecule is COCCS(=O)(=O)C(C(=O)NCC(=O)NC1CC1)c1nc2cc(-c3ccc(Cl)nc3)ccc2s1. The van der Waals surface area contributed by atoms with Crippen molar-refractivity contribution < 1.29 is 22.7 Å². The van der Waals surface area contributed by atoms with Crippen LogP contribution in [-0.4, -0.2) is 62.3 Å². The third-order valence-corrected chi connectivity index (χ3v) is 8.59. The van der Waals surface area contributed by atoms with Crippen LogP contribution in [0.25, 0.3) is 21.3 Å². The lowest BCUT2D eigenvalue weighted by Gasteiger charge is -2.15. The average Bonchev–Trinajstić information content (AvgIpc) is 3.52. The van der Waals surface area contributed by atoms with Gasteiger partial charge in [0.2, 0.25) is 11.8 Å². The van der Waals surface area contributed by atoms with Crippen LogP contribution < -0.4 is 10.6 Å². The number of methoxy groups -OCH3 is 1. The van der Waals surface area contributed by atoms with Crippen molar-refractivity contribution in [1.82, 2.24) is 20.6 Å². The van der Waals surface area contributed by atoms with Gasteiger partial charge in [-0.1, -0.05) is 17.7 Å². The normalized spacial score (nSPS) is 14.6. The van der Waals surface area contributed by atoms with E-state index < -0.39 is 21.0 Å². The Morgan fingerprint density at radius 3 is 2.68 bits per heavy atom. The second kappa shape index (κ2) is 10.3. The van der Waals surface area contributed by atoms with E-state index in [1.54, 1.807) is 18.3 Å². The first-order valence-corrected chi connectivity index (χ1v) is 13.5. The molecule has 1 unspecified atom stereocenters. The van der Waals surface area contributed by atoms with Gasteiger partial charge in [-0.3, -0.25) is 9.59 Å². The summed E-state index contributed by atoms with van der Waals surface area (Å²) in [6.45, 7) is -0.364. The number of halogens is 1. The van der Waals surface area contributed by atoms with Gasteiger partial charge in [0.05, 0.1) is 29.1 Å². The molecule has 0 spiro atoms. The number of nitrogens with zero attached hydrogens (tertiary/aromatic N) is 2. The number of hydrogen-bond acceptors (Lipinski definition) is 8. The summed E-state index contributed by atoms with van der Waals surface area (Å²) in [4.78, 5) is 33.6. The molecule has 34 heavy (non-hydrogen) atoms. The van der Waals surface area contributed by atoms with Crippen LogP contribution in [0.2, 0.25) is 5.15 Å². The number of sulfone groups is 1. The minimum atomic E-state index is -3.96. The molecule has 1 atom stereocenters. The van der Waals surface area contributed by atoms with E-state index in [2.05, 4.69) is 20.6 Å². The first-order valence-electron chi connectivity index (χ1n) is 10.6. The molecule has 3 aromatic rings. The molecule has 0 radical (unpaired) electrons. The average molecular weight is 523 g/mol. The van der Waals surface area contributed by atoms with Crippen molar-refractivity contribution in [2.45, 2.75) is 24.1 Å². The Hall–Kier alpha value is -2.60. The molecule has 12 heteroatoms. The molecule has 2 heterocycles. The molecule has 0 bridgehead atoms. The first-order chi connectivity index (χ1) is 16.3. The summed E-state index contributed by atoms with van der Waals surface area (Å²) in [5.41, 5.74) is 2.21. The maximum atomic E-state index is 13.1. The standard InChI is InChI=1S/C22H23ClN4O5S2/c1-32-8-9-34(30,31)20(21(29)25-12-19(28)26-15-4-5-15)22-27-16-10-13(2-6-17(16)33-22)14-3-7-18(23)24-11-14/h2-3,6-7,10-11,15,20H,4-5,8-9,12H2,1H3,(H,25,29)(H,26,28). The maximum absolute atomic E-state index is 13.1. The smallest absolute Gasteiger partial charge is 0.245 e. The zero-order valence-corrected chi connectivity index (χ0v) is 20.7. The van der Waals surface area contributed by atoms with Gasteiger partial charge in [-0.05, 0) is 42.7 Å². The van der Waals surface area contributed by atoms with E-state index in [0.717, 1.165) is 40.0 Å². The summed E-state index contributed by atoms with van der Waals surface area (Å²) in [6.07, 6.45) is 3.45. The number of nitrogens with one attached hydrogen (secondary N) is 2. The number of amides is 2. The second-order valence-corrected chi connectivity index (χ2v) is 11.6. The summed E-state index contributed by atoms with van der Waals surface area (Å²) < 4.78 is 31.8. The van der Waals surface area contributed by atoms with Crippen LogP contribution in [0.5, 0.6) is 0 Å². The molecule has 0 saturated heterocycles. The van der Waals surface area contributed by atoms with Crippen molar-refractivity contribution >= 4 is 54.8 Å². The van der Waals surface area contributed by atoms with Gasteiger partial charge in [0.1, 0.15) is 10.2 Å². The summed E-state index contributed by atoms with van der Waals surface area (Å²) in [5.74, 6) is -1.49. The van der Waals surface area contributed by atoms with Gasteiger partial charge in [0.25, 0.3) is 0 Å². The Labute approximate surface area is 205 Å². The summed E-state index contributed by atoms with van der Waals surface area (Å²) >= 11 is 6.99. The lowest BCUT2D eigenvalue weighted by Crippen LogP contribution is -2.41. The topological polar surface area (TPSA) is 127 Å². The van der Waals surface area contributed by atoms with Crippen LogP contribution in [0.15, 0.2) is 36.5 Å². The van der Waals surface area contributed by atoms with E-state index in [1.165, 1.54) is 7.11 Å². The molecule has 4 rings (SSSR count). The molecule has 2 amide bonds. The highest BCUT2D eigenvalue weighted by atomic mass is 35.5. The van der Waals surface area contributed by atoms with E-state index in [1.807, 2.05) is 18.2 Å². The van der Waals surface area contributed by atoms with E-state index in [-0.39, 0.29) is 35.9 Å². The summed E-state index contributed by atoms with van der Waals surface area (Å²) in [5, 5.41) is 4.18. The van der Waals surface area contributed by atoms with Crippen LogP contribution in [-0.2, 0) is 24.2 Å². The molecule has 1 aliphatic rings. The molecular formula is C22H23ClN4O5S2. The number of aromatic nitrogens is 2. The highest BCUT2D eigenvalue weighted by Crippen LogP contribution is 2.34. The highest BCUT2D eigenvalue weighted by Gasteiger charge is 2.37. The van der Waals surface area contributed by atoms with Crippen molar-refractivity contribution in [2.75, 3.05) is 26.0 Å². The van der Waals surface area contributed by atoms with Crippen LogP contribution >= 0.6 is 22.9 Å². The monoisotopic (exact) mass is 522 g/mol. The van der Waals surface area contributed by atoms with Crippen LogP contribution in [0, 0.1) is 0 Å². The molecule has 0 aliphatic heterocycles. The Bertz CT molecular complexity index is 1310. The fourth-order valence-corrected chi connectivity index (χ4v) is 6.32. The molecule has 1 aromatic carbocycles. The minimum absolute atomic E-state index is 0.0626. The molecule has 1 aliphatic carbocycles. The molecular weight excluding hydrogens is 500 g/mol. The Morgan fingerprint density at radius 1 is 1.24 bits per heavy atom. The number of carbonyl (C=O) groups is 2. The molecule has 9 nitrogen and oxygen atoms in total. The number of pyridine rings is 1. The van der Waals surface area contributed by atoms with Gasteiger partial charge in [0.15, 0.2) is 15.1 Å². The quantitative estimate of drug-likeness (QED) is 0.391. The van der Waals surface area contributed by atoms with Crippen molar-refractivity contribution in [1.29, 1.82) is 0 Å². The van der Waals surface area contributed by atoms with E-state index in [4.69, 9.17) is 16.3 Å². The van der Waals surface area contributed by atoms with E-state index in [0.29, 0.717) is 10.7 Å². The summed E-state index contributed by atoms with van der Waals surface area (Å²) in [7, 11) is -2.57. The fourth-order valence-electron chi connectivity index (χ4n) is 3.30. The van der Waals surface area contributed by atoms with Crippen LogP contribution in [0.3, 0.4) is 0 Å². The van der Waals surface area contributed by atoms with Crippen LogP contribution in [0.4, 0.5) is 0 Å². The number of benzene rings is 1. The van der Waals surface area contributed by atoms with Gasteiger partial charge in [0, 0.05) is 24.9 Å². The van der Waals surface area contributed by atoms with Gasteiger partial charge < -0.3 is 15.4 Å². The van der Waals surface area contributed by atoms with Crippen molar-refractivity contribution in [3.8, 4) is 11.1 Å². The summed E-state index contributed by atoms with van der Waals surface area (Å²) in [6, 6.07) is 9.13. The van der Waals surface area contributed by atoms with Crippen molar-refractivity contribution in [3.05, 3.63) is 46.7 Å². The number of rotatable bonds is 10. The number of hydrogen-bond donors (Lipinski definition) is 2. The van der Waals surface area contributed by atoms with Gasteiger partial charge in [-0.2, -0.15) is 0 Å². The number of ether oxygens (including phenoxy) is 1. The van der Waals surface area contributed by atoms with Crippen molar-refractivity contribution in [2.24, 2.45) is 0 Å². The highest BCUT2D eigenvalue weighted by molar-refractivity contribution is 7.92. The molecule has 1 fully saturated rings. The van der Waals surface area contributed by atoms with Gasteiger partial charge in [-0.15, -0.1) is 11.3 Å². The second-order valence-electron chi connectivity index (χ2n) is 7.90. The molecule has 2 aromatic heterocycles. The predicted molar refractivity (Wildman–Crippen MR) is 130 cm³/mol. The lowest BCUT2D eigenvalue weighted by molar-refractivity contribution is -0.126. The Balaban J connectivity index is 1.62. The Morgan fingerprint density at radius 2 is 2.00 bits per heavy atom. The maximum Gasteiger partial charge on any atom is 0.245 e. The Kier molecular flexibility index (Phi) is 7.46. The van der Waals surface area contributed by atoms with Crippen LogP contribution in [0.1, 0.15) is 23.1 Å². The zero-order chi connectivity index (χ0) is 24.3. The number of carbonyl (C=O) groups excluding carboxylic acids is 2. The predicted octanol–water partition coefficient (Wildman–Crippen LogP) is 2.51. The molecule has 2 N–H and O–H groups in total. The van der Waals surface area contributed by atoms with Gasteiger partial charge >= 0.3 is 0 Å². The molecule has 1 saturated carbocycles. The van der Waals surface area contributed by atoms with Gasteiger partial charge in [-0.25, -0.2) is 18.4 Å². The molecule has 180 valence electrons. The number of thiazole rings is 1. The fraction of sp³-hybridized carbons (Fsp3) is 0.364. The largest absolute Gasteiger partial charge is 0.384 e. The third-order valence-electron chi connectivity index (χ3n) is 5.22. The zero-order valence-electron chi connectivity index (χ0n) is 18.3.